The van der Waals surface area contributed by atoms with Crippen molar-refractivity contribution in [3.63, 3.8) is 0 Å². The van der Waals surface area contributed by atoms with Gasteiger partial charge in [-0.3, -0.25) is 4.79 Å². The Labute approximate surface area is 116 Å². The molecule has 0 radical (unpaired) electrons. The van der Waals surface area contributed by atoms with E-state index in [0.717, 1.165) is 5.56 Å². The predicted octanol–water partition coefficient (Wildman–Crippen LogP) is 1.26. The van der Waals surface area contributed by atoms with E-state index in [2.05, 4.69) is 22.3 Å². The molecule has 1 amide bonds. The minimum absolute atomic E-state index is 0.202. The first-order valence-corrected chi connectivity index (χ1v) is 6.09. The Balaban J connectivity index is 2.12. The standard InChI is InChI=1S/C15H14N2O3/c1-11-4-5-12(3-2-8-18)9-14(11)15(19)16-10-13-6-7-17-20-13/h4-7,9,18H,8,10H2,1H3,(H,16,19). The van der Waals surface area contributed by atoms with Crippen molar-refractivity contribution in [3.05, 3.63) is 52.9 Å². The van der Waals surface area contributed by atoms with Crippen molar-refractivity contribution in [2.24, 2.45) is 0 Å². The van der Waals surface area contributed by atoms with Gasteiger partial charge in [0.15, 0.2) is 5.76 Å². The normalized spacial score (nSPS) is 9.70. The molecule has 0 bridgehead atoms. The Bertz CT molecular complexity index is 651. The highest BCUT2D eigenvalue weighted by Crippen LogP contribution is 2.11. The highest BCUT2D eigenvalue weighted by molar-refractivity contribution is 5.95. The fourth-order valence-electron chi connectivity index (χ4n) is 1.68. The van der Waals surface area contributed by atoms with E-state index in [9.17, 15) is 4.79 Å². The summed E-state index contributed by atoms with van der Waals surface area (Å²) >= 11 is 0. The molecule has 102 valence electrons. The van der Waals surface area contributed by atoms with Gasteiger partial charge in [0.2, 0.25) is 0 Å². The Hall–Kier alpha value is -2.58. The maximum absolute atomic E-state index is 12.1. The van der Waals surface area contributed by atoms with Crippen LogP contribution in [0.25, 0.3) is 0 Å². The monoisotopic (exact) mass is 270 g/mol. The molecule has 0 saturated carbocycles. The molecule has 5 nitrogen and oxygen atoms in total. The van der Waals surface area contributed by atoms with Crippen molar-refractivity contribution in [1.29, 1.82) is 0 Å². The molecule has 5 heteroatoms. The molecule has 2 rings (SSSR count). The van der Waals surface area contributed by atoms with Crippen molar-refractivity contribution < 1.29 is 14.4 Å². The van der Waals surface area contributed by atoms with Crippen LogP contribution in [0.3, 0.4) is 0 Å². The van der Waals surface area contributed by atoms with Gasteiger partial charge < -0.3 is 14.9 Å². The van der Waals surface area contributed by atoms with Gasteiger partial charge >= 0.3 is 0 Å². The average Bonchev–Trinajstić information content (AvgIpc) is 2.97. The van der Waals surface area contributed by atoms with Gasteiger partial charge in [0, 0.05) is 17.2 Å². The molecule has 0 aliphatic heterocycles. The molecular formula is C15H14N2O3. The molecular weight excluding hydrogens is 256 g/mol. The SMILES string of the molecule is Cc1ccc(C#CCO)cc1C(=O)NCc1ccno1. The number of rotatable bonds is 3. The van der Waals surface area contributed by atoms with Crippen LogP contribution in [0.4, 0.5) is 0 Å². The third-order valence-corrected chi connectivity index (χ3v) is 2.71. The molecule has 0 unspecified atom stereocenters. The zero-order valence-electron chi connectivity index (χ0n) is 11.0. The number of nitrogens with zero attached hydrogens (tertiary/aromatic N) is 1. The molecule has 1 heterocycles. The van der Waals surface area contributed by atoms with Crippen molar-refractivity contribution >= 4 is 5.91 Å². The second kappa shape index (κ2) is 6.55. The summed E-state index contributed by atoms with van der Waals surface area (Å²) in [6.45, 7) is 1.93. The molecule has 0 saturated heterocycles. The fourth-order valence-corrected chi connectivity index (χ4v) is 1.68. The maximum atomic E-state index is 12.1. The van der Waals surface area contributed by atoms with Crippen LogP contribution in [-0.2, 0) is 6.54 Å². The van der Waals surface area contributed by atoms with Gasteiger partial charge in [-0.25, -0.2) is 0 Å². The number of benzene rings is 1. The van der Waals surface area contributed by atoms with Crippen LogP contribution in [0.15, 0.2) is 35.0 Å². The summed E-state index contributed by atoms with van der Waals surface area (Å²) in [5, 5.41) is 15.0. The first-order chi connectivity index (χ1) is 9.70. The molecule has 0 aliphatic carbocycles. The number of aryl methyl sites for hydroxylation is 1. The van der Waals surface area contributed by atoms with Crippen LogP contribution in [0.1, 0.15) is 27.2 Å². The number of hydrogen-bond acceptors (Lipinski definition) is 4. The molecule has 20 heavy (non-hydrogen) atoms. The third kappa shape index (κ3) is 3.46. The molecule has 0 atom stereocenters. The lowest BCUT2D eigenvalue weighted by atomic mass is 10.0. The zero-order chi connectivity index (χ0) is 14.4. The summed E-state index contributed by atoms with van der Waals surface area (Å²) < 4.78 is 4.91. The third-order valence-electron chi connectivity index (χ3n) is 2.71. The van der Waals surface area contributed by atoms with Gasteiger partial charge in [0.25, 0.3) is 5.91 Å². The van der Waals surface area contributed by atoms with E-state index < -0.39 is 0 Å². The van der Waals surface area contributed by atoms with Crippen LogP contribution in [0.2, 0.25) is 0 Å². The van der Waals surface area contributed by atoms with Crippen LogP contribution >= 0.6 is 0 Å². The fraction of sp³-hybridized carbons (Fsp3) is 0.200. The number of carbonyl (C=O) groups excluding carboxylic acids is 1. The Morgan fingerprint density at radius 1 is 1.45 bits per heavy atom. The summed E-state index contributed by atoms with van der Waals surface area (Å²) in [4.78, 5) is 12.1. The van der Waals surface area contributed by atoms with Gasteiger partial charge in [0.1, 0.15) is 6.61 Å². The number of nitrogens with one attached hydrogen (secondary N) is 1. The lowest BCUT2D eigenvalue weighted by Crippen LogP contribution is -2.23. The number of aliphatic hydroxyl groups excluding tert-OH is 1. The van der Waals surface area contributed by atoms with Crippen LogP contribution in [0, 0.1) is 18.8 Å². The summed E-state index contributed by atoms with van der Waals surface area (Å²) in [5.74, 6) is 5.72. The minimum atomic E-state index is -0.207. The lowest BCUT2D eigenvalue weighted by molar-refractivity contribution is 0.0946. The number of hydrogen-bond donors (Lipinski definition) is 2. The van der Waals surface area contributed by atoms with E-state index in [-0.39, 0.29) is 19.1 Å². The number of carbonyl (C=O) groups is 1. The van der Waals surface area contributed by atoms with Gasteiger partial charge in [-0.05, 0) is 24.6 Å². The number of aliphatic hydroxyl groups is 1. The summed E-state index contributed by atoms with van der Waals surface area (Å²) in [7, 11) is 0. The summed E-state index contributed by atoms with van der Waals surface area (Å²) in [5.41, 5.74) is 2.10. The van der Waals surface area contributed by atoms with Crippen molar-refractivity contribution in [2.45, 2.75) is 13.5 Å². The van der Waals surface area contributed by atoms with E-state index in [1.165, 1.54) is 6.20 Å². The number of aromatic nitrogens is 1. The lowest BCUT2D eigenvalue weighted by Gasteiger charge is -2.06. The second-order valence-electron chi connectivity index (χ2n) is 4.15. The smallest absolute Gasteiger partial charge is 0.251 e. The Kier molecular flexibility index (Phi) is 4.53. The Morgan fingerprint density at radius 3 is 3.00 bits per heavy atom. The summed E-state index contributed by atoms with van der Waals surface area (Å²) in [6, 6.07) is 7.03. The summed E-state index contributed by atoms with van der Waals surface area (Å²) in [6.07, 6.45) is 1.53. The van der Waals surface area contributed by atoms with E-state index in [4.69, 9.17) is 9.63 Å². The molecule has 2 N–H and O–H groups in total. The van der Waals surface area contributed by atoms with Gasteiger partial charge in [0.05, 0.1) is 12.7 Å². The number of amides is 1. The van der Waals surface area contributed by atoms with Gasteiger partial charge in [-0.2, -0.15) is 0 Å². The zero-order valence-corrected chi connectivity index (χ0v) is 11.0. The topological polar surface area (TPSA) is 75.4 Å². The van der Waals surface area contributed by atoms with Crippen molar-refractivity contribution in [2.75, 3.05) is 6.61 Å². The van der Waals surface area contributed by atoms with Crippen molar-refractivity contribution in [3.8, 4) is 11.8 Å². The molecule has 0 fully saturated rings. The van der Waals surface area contributed by atoms with Gasteiger partial charge in [-0.1, -0.05) is 23.1 Å². The quantitative estimate of drug-likeness (QED) is 0.823. The molecule has 0 spiro atoms. The first kappa shape index (κ1) is 13.8. The van der Waals surface area contributed by atoms with Crippen LogP contribution in [-0.4, -0.2) is 22.8 Å². The highest BCUT2D eigenvalue weighted by atomic mass is 16.5. The van der Waals surface area contributed by atoms with E-state index in [0.29, 0.717) is 16.9 Å². The van der Waals surface area contributed by atoms with E-state index in [1.807, 2.05) is 19.1 Å². The Morgan fingerprint density at radius 2 is 2.30 bits per heavy atom. The van der Waals surface area contributed by atoms with E-state index >= 15 is 0 Å². The van der Waals surface area contributed by atoms with Crippen LogP contribution < -0.4 is 5.32 Å². The molecule has 2 aromatic rings. The predicted molar refractivity (Wildman–Crippen MR) is 72.8 cm³/mol. The minimum Gasteiger partial charge on any atom is -0.384 e. The van der Waals surface area contributed by atoms with E-state index in [1.54, 1.807) is 12.1 Å². The van der Waals surface area contributed by atoms with Crippen LogP contribution in [0.5, 0.6) is 0 Å². The first-order valence-electron chi connectivity index (χ1n) is 6.09. The van der Waals surface area contributed by atoms with Crippen molar-refractivity contribution in [1.82, 2.24) is 10.5 Å². The molecule has 0 aliphatic rings. The van der Waals surface area contributed by atoms with Gasteiger partial charge in [-0.15, -0.1) is 0 Å². The maximum Gasteiger partial charge on any atom is 0.251 e. The second-order valence-corrected chi connectivity index (χ2v) is 4.15. The average molecular weight is 270 g/mol. The largest absolute Gasteiger partial charge is 0.384 e. The molecule has 1 aromatic heterocycles. The molecule has 1 aromatic carbocycles. The highest BCUT2D eigenvalue weighted by Gasteiger charge is 2.10.